The van der Waals surface area contributed by atoms with Crippen LogP contribution < -0.4 is 0 Å². The maximum absolute atomic E-state index is 12.8. The molecule has 67 heavy (non-hydrogen) atoms. The second kappa shape index (κ2) is 54.4. The fraction of sp³-hybridized carbons (Fsp3) is 0.623. The Morgan fingerprint density at radius 2 is 0.657 bits per heavy atom. The molecule has 0 rings (SSSR count). The van der Waals surface area contributed by atoms with Gasteiger partial charge in [0.25, 0.3) is 0 Å². The predicted molar refractivity (Wildman–Crippen MR) is 288 cm³/mol. The van der Waals surface area contributed by atoms with Gasteiger partial charge in [-0.25, -0.2) is 0 Å². The number of hydrogen-bond acceptors (Lipinski definition) is 6. The summed E-state index contributed by atoms with van der Waals surface area (Å²) in [7, 11) is 0. The van der Waals surface area contributed by atoms with Crippen LogP contribution >= 0.6 is 0 Å². The first-order valence-electron chi connectivity index (χ1n) is 27.1. The summed E-state index contributed by atoms with van der Waals surface area (Å²) >= 11 is 0. The summed E-state index contributed by atoms with van der Waals surface area (Å²) in [6, 6.07) is 0. The second-order valence-electron chi connectivity index (χ2n) is 17.5. The van der Waals surface area contributed by atoms with E-state index in [0.717, 1.165) is 116 Å². The lowest BCUT2D eigenvalue weighted by atomic mass is 10.1. The molecule has 0 aromatic rings. The lowest BCUT2D eigenvalue weighted by molar-refractivity contribution is -0.167. The number of esters is 3. The molecule has 0 aliphatic rings. The van der Waals surface area contributed by atoms with Crippen molar-refractivity contribution in [3.8, 4) is 0 Å². The fourth-order valence-electron chi connectivity index (χ4n) is 6.95. The molecule has 0 N–H and O–H groups in total. The minimum absolute atomic E-state index is 0.120. The molecule has 6 heteroatoms. The first kappa shape index (κ1) is 62.8. The van der Waals surface area contributed by atoms with Gasteiger partial charge in [-0.2, -0.15) is 0 Å². The molecule has 1 atom stereocenters. The normalized spacial score (nSPS) is 13.1. The summed E-state index contributed by atoms with van der Waals surface area (Å²) in [4.78, 5) is 38.0. The lowest BCUT2D eigenvalue weighted by Gasteiger charge is -2.18. The highest BCUT2D eigenvalue weighted by Crippen LogP contribution is 2.12. The van der Waals surface area contributed by atoms with Gasteiger partial charge in [-0.3, -0.25) is 14.4 Å². The molecule has 1 unspecified atom stereocenters. The third-order valence-corrected chi connectivity index (χ3v) is 11.0. The number of ether oxygens (including phenoxy) is 3. The summed E-state index contributed by atoms with van der Waals surface area (Å²) in [6.07, 6.45) is 74.7. The van der Waals surface area contributed by atoms with Gasteiger partial charge in [0.15, 0.2) is 6.10 Å². The van der Waals surface area contributed by atoms with Gasteiger partial charge in [0.2, 0.25) is 0 Å². The van der Waals surface area contributed by atoms with Gasteiger partial charge in [-0.15, -0.1) is 0 Å². The van der Waals surface area contributed by atoms with E-state index in [9.17, 15) is 14.4 Å². The van der Waals surface area contributed by atoms with Crippen LogP contribution in [0.2, 0.25) is 0 Å². The fourth-order valence-corrected chi connectivity index (χ4v) is 6.95. The van der Waals surface area contributed by atoms with Gasteiger partial charge >= 0.3 is 17.9 Å². The molecule has 0 aliphatic heterocycles. The van der Waals surface area contributed by atoms with E-state index >= 15 is 0 Å². The largest absolute Gasteiger partial charge is 0.462 e. The lowest BCUT2D eigenvalue weighted by Crippen LogP contribution is -2.30. The monoisotopic (exact) mass is 927 g/mol. The molecule has 0 aliphatic carbocycles. The van der Waals surface area contributed by atoms with E-state index in [0.29, 0.717) is 19.3 Å². The Kier molecular flexibility index (Phi) is 51.0. The van der Waals surface area contributed by atoms with E-state index in [1.165, 1.54) is 64.2 Å². The SMILES string of the molecule is CC/C=C\C/C=C\C/C=C\C/C=C\C/C=C\CCCC(=O)OC(COC(=O)CCCCC/C=C\CCCCCCCCC)COC(=O)CCCCCCC\C=C/C=C\C=C/C=C\CCCCC. The van der Waals surface area contributed by atoms with Crippen LogP contribution in [0, 0.1) is 0 Å². The molecule has 0 amide bonds. The Balaban J connectivity index is 4.57. The van der Waals surface area contributed by atoms with Gasteiger partial charge in [0, 0.05) is 19.3 Å². The number of allylic oxidation sites excluding steroid dienone is 20. The highest BCUT2D eigenvalue weighted by Gasteiger charge is 2.19. The van der Waals surface area contributed by atoms with E-state index in [1.807, 2.05) is 0 Å². The van der Waals surface area contributed by atoms with Crippen molar-refractivity contribution < 1.29 is 28.6 Å². The van der Waals surface area contributed by atoms with Crippen molar-refractivity contribution in [3.63, 3.8) is 0 Å². The Hall–Kier alpha value is -4.19. The minimum atomic E-state index is -0.827. The predicted octanol–water partition coefficient (Wildman–Crippen LogP) is 18.1. The number of carbonyl (C=O) groups excluding carboxylic acids is 3. The van der Waals surface area contributed by atoms with Gasteiger partial charge in [0.1, 0.15) is 13.2 Å². The van der Waals surface area contributed by atoms with Gasteiger partial charge in [-0.05, 0) is 109 Å². The van der Waals surface area contributed by atoms with E-state index in [4.69, 9.17) is 14.2 Å². The van der Waals surface area contributed by atoms with Crippen molar-refractivity contribution in [1.82, 2.24) is 0 Å². The van der Waals surface area contributed by atoms with E-state index in [2.05, 4.69) is 142 Å². The van der Waals surface area contributed by atoms with Crippen molar-refractivity contribution in [2.75, 3.05) is 13.2 Å². The second-order valence-corrected chi connectivity index (χ2v) is 17.5. The molecule has 0 bridgehead atoms. The molecule has 0 radical (unpaired) electrons. The molecule has 0 aromatic carbocycles. The Morgan fingerprint density at radius 3 is 1.15 bits per heavy atom. The van der Waals surface area contributed by atoms with Crippen LogP contribution in [0.5, 0.6) is 0 Å². The molecule has 0 fully saturated rings. The number of hydrogen-bond donors (Lipinski definition) is 0. The van der Waals surface area contributed by atoms with Crippen LogP contribution in [-0.2, 0) is 28.6 Å². The van der Waals surface area contributed by atoms with Crippen LogP contribution in [-0.4, -0.2) is 37.2 Å². The van der Waals surface area contributed by atoms with Crippen LogP contribution in [0.25, 0.3) is 0 Å². The maximum Gasteiger partial charge on any atom is 0.306 e. The summed E-state index contributed by atoms with van der Waals surface area (Å²) in [5.74, 6) is -1.02. The van der Waals surface area contributed by atoms with Crippen LogP contribution in [0.3, 0.4) is 0 Å². The molecule has 378 valence electrons. The smallest absolute Gasteiger partial charge is 0.306 e. The molecule has 0 aromatic heterocycles. The number of carbonyl (C=O) groups is 3. The van der Waals surface area contributed by atoms with Crippen molar-refractivity contribution >= 4 is 17.9 Å². The Labute approximate surface area is 412 Å². The van der Waals surface area contributed by atoms with Crippen LogP contribution in [0.4, 0.5) is 0 Å². The standard InChI is InChI=1S/C61H98O6/c1-4-7-10-13-16-19-22-25-28-30-32-33-36-39-42-45-48-51-54-60(63)66-57-58(56-65-59(62)53-50-47-44-41-38-35-27-24-21-18-15-12-9-6-3)67-61(64)55-52-49-46-43-40-37-34-31-29-26-23-20-17-14-11-8-5-2/h8,11,16-17,19-20,22,25-26,28-30,32-35,37-38,43,46,58H,4-7,9-10,12-15,18,21,23-24,27,31,36,39-42,44-45,47-57H2,1-3H3/b11-8-,19-16-,20-17-,25-22-,29-26-,30-28-,33-32-,37-34-,38-35-,46-43-. The topological polar surface area (TPSA) is 78.9 Å². The molecule has 0 heterocycles. The summed E-state index contributed by atoms with van der Waals surface area (Å²) in [5.41, 5.74) is 0. The molecular formula is C61H98O6. The van der Waals surface area contributed by atoms with Crippen molar-refractivity contribution in [3.05, 3.63) is 122 Å². The highest BCUT2D eigenvalue weighted by atomic mass is 16.6. The minimum Gasteiger partial charge on any atom is -0.462 e. The third-order valence-electron chi connectivity index (χ3n) is 11.0. The van der Waals surface area contributed by atoms with Crippen molar-refractivity contribution in [1.29, 1.82) is 0 Å². The Morgan fingerprint density at radius 1 is 0.328 bits per heavy atom. The Bertz CT molecular complexity index is 1440. The van der Waals surface area contributed by atoms with Gasteiger partial charge in [0.05, 0.1) is 0 Å². The van der Waals surface area contributed by atoms with E-state index in [1.54, 1.807) is 0 Å². The molecule has 6 nitrogen and oxygen atoms in total. The zero-order valence-corrected chi connectivity index (χ0v) is 43.1. The van der Waals surface area contributed by atoms with E-state index < -0.39 is 6.10 Å². The number of unbranched alkanes of at least 4 members (excludes halogenated alkanes) is 19. The average Bonchev–Trinajstić information content (AvgIpc) is 3.33. The quantitative estimate of drug-likeness (QED) is 0.0199. The zero-order valence-electron chi connectivity index (χ0n) is 43.1. The first-order chi connectivity index (χ1) is 33.0. The summed E-state index contributed by atoms with van der Waals surface area (Å²) in [6.45, 7) is 6.39. The summed E-state index contributed by atoms with van der Waals surface area (Å²) in [5, 5.41) is 0. The third kappa shape index (κ3) is 52.6. The maximum atomic E-state index is 12.8. The van der Waals surface area contributed by atoms with Crippen LogP contribution in [0.1, 0.15) is 226 Å². The summed E-state index contributed by atoms with van der Waals surface area (Å²) < 4.78 is 16.7. The van der Waals surface area contributed by atoms with Gasteiger partial charge < -0.3 is 14.2 Å². The van der Waals surface area contributed by atoms with Crippen molar-refractivity contribution in [2.45, 2.75) is 232 Å². The average molecular weight is 927 g/mol. The molecule has 0 saturated carbocycles. The molecular weight excluding hydrogens is 829 g/mol. The highest BCUT2D eigenvalue weighted by molar-refractivity contribution is 5.71. The number of rotatable bonds is 47. The zero-order chi connectivity index (χ0) is 48.6. The molecule has 0 saturated heterocycles. The van der Waals surface area contributed by atoms with Gasteiger partial charge in [-0.1, -0.05) is 219 Å². The van der Waals surface area contributed by atoms with Crippen molar-refractivity contribution in [2.24, 2.45) is 0 Å². The van der Waals surface area contributed by atoms with E-state index in [-0.39, 0.29) is 37.5 Å². The molecule has 0 spiro atoms. The first-order valence-corrected chi connectivity index (χ1v) is 27.1. The van der Waals surface area contributed by atoms with Crippen LogP contribution in [0.15, 0.2) is 122 Å².